The second kappa shape index (κ2) is 8.26. The van der Waals surface area contributed by atoms with Gasteiger partial charge in [0.15, 0.2) is 0 Å². The number of rotatable bonds is 4. The molecule has 0 aromatic heterocycles. The molecule has 2 aromatic carbocycles. The predicted octanol–water partition coefficient (Wildman–Crippen LogP) is 1.96. The summed E-state index contributed by atoms with van der Waals surface area (Å²) >= 11 is 0. The Labute approximate surface area is 172 Å². The zero-order chi connectivity index (χ0) is 20.4. The van der Waals surface area contributed by atoms with E-state index in [9.17, 15) is 13.2 Å². The molecule has 6 nitrogen and oxygen atoms in total. The minimum atomic E-state index is -3.12. The molecular formula is C22H27N3O3S. The van der Waals surface area contributed by atoms with E-state index < -0.39 is 10.0 Å². The van der Waals surface area contributed by atoms with Crippen LogP contribution in [0, 0.1) is 0 Å². The average Bonchev–Trinajstić information content (AvgIpc) is 2.73. The maximum Gasteiger partial charge on any atom is 0.254 e. The molecule has 2 aliphatic heterocycles. The van der Waals surface area contributed by atoms with Gasteiger partial charge in [-0.25, -0.2) is 8.42 Å². The summed E-state index contributed by atoms with van der Waals surface area (Å²) < 4.78 is 24.9. The second-order valence-electron chi connectivity index (χ2n) is 7.88. The topological polar surface area (TPSA) is 60.9 Å². The van der Waals surface area contributed by atoms with Crippen molar-refractivity contribution in [2.24, 2.45) is 0 Å². The Morgan fingerprint density at radius 2 is 1.66 bits per heavy atom. The second-order valence-corrected chi connectivity index (χ2v) is 9.87. The molecule has 1 amide bonds. The maximum atomic E-state index is 13.0. The molecule has 1 fully saturated rings. The molecule has 0 spiro atoms. The highest BCUT2D eigenvalue weighted by Gasteiger charge is 2.24. The monoisotopic (exact) mass is 413 g/mol. The van der Waals surface area contributed by atoms with E-state index in [0.29, 0.717) is 32.7 Å². The van der Waals surface area contributed by atoms with E-state index in [0.717, 1.165) is 30.6 Å². The van der Waals surface area contributed by atoms with Crippen molar-refractivity contribution in [1.29, 1.82) is 0 Å². The lowest BCUT2D eigenvalue weighted by atomic mass is 9.99. The molecule has 2 heterocycles. The van der Waals surface area contributed by atoms with Crippen LogP contribution in [0.5, 0.6) is 0 Å². The lowest BCUT2D eigenvalue weighted by Gasteiger charge is -2.33. The number of carbonyl (C=O) groups is 1. The van der Waals surface area contributed by atoms with E-state index in [2.05, 4.69) is 23.1 Å². The zero-order valence-corrected chi connectivity index (χ0v) is 17.6. The van der Waals surface area contributed by atoms with Crippen LogP contribution in [0.1, 0.15) is 27.0 Å². The highest BCUT2D eigenvalue weighted by atomic mass is 32.2. The lowest BCUT2D eigenvalue weighted by Crippen LogP contribution is -2.47. The van der Waals surface area contributed by atoms with Gasteiger partial charge in [0.05, 0.1) is 6.26 Å². The van der Waals surface area contributed by atoms with Crippen molar-refractivity contribution >= 4 is 15.9 Å². The minimum absolute atomic E-state index is 0.0725. The standard InChI is InChI=1S/C22H27N3O3S/c1-29(27,28)25-13-11-23(12-14-25)16-18-5-4-8-20(15-18)22(26)24-10-9-19-6-2-3-7-21(19)17-24/h2-8,15H,9-14,16-17H2,1H3. The lowest BCUT2D eigenvalue weighted by molar-refractivity contribution is 0.0734. The molecule has 0 aliphatic carbocycles. The number of nitrogens with zero attached hydrogens (tertiary/aromatic N) is 3. The summed E-state index contributed by atoms with van der Waals surface area (Å²) in [5, 5.41) is 0. The maximum absolute atomic E-state index is 13.0. The van der Waals surface area contributed by atoms with Gasteiger partial charge in [0.2, 0.25) is 10.0 Å². The predicted molar refractivity (Wildman–Crippen MR) is 113 cm³/mol. The number of amides is 1. The Balaban J connectivity index is 1.40. The molecule has 7 heteroatoms. The molecule has 0 saturated carbocycles. The van der Waals surface area contributed by atoms with Crippen molar-refractivity contribution in [1.82, 2.24) is 14.1 Å². The average molecular weight is 414 g/mol. The Hall–Kier alpha value is -2.22. The third kappa shape index (κ3) is 4.69. The zero-order valence-electron chi connectivity index (χ0n) is 16.8. The third-order valence-electron chi connectivity index (χ3n) is 5.80. The van der Waals surface area contributed by atoms with Gasteiger partial charge in [-0.05, 0) is 35.2 Å². The molecule has 0 radical (unpaired) electrons. The number of piperazine rings is 1. The Morgan fingerprint density at radius 3 is 2.38 bits per heavy atom. The van der Waals surface area contributed by atoms with E-state index in [4.69, 9.17) is 0 Å². The highest BCUT2D eigenvalue weighted by molar-refractivity contribution is 7.88. The molecule has 1 saturated heterocycles. The fourth-order valence-corrected chi connectivity index (χ4v) is 4.96. The van der Waals surface area contributed by atoms with Crippen molar-refractivity contribution in [3.8, 4) is 0 Å². The fraction of sp³-hybridized carbons (Fsp3) is 0.409. The normalized spacial score (nSPS) is 18.4. The Bertz CT molecular complexity index is 998. The Morgan fingerprint density at radius 1 is 0.931 bits per heavy atom. The van der Waals surface area contributed by atoms with Crippen molar-refractivity contribution in [2.75, 3.05) is 39.0 Å². The molecule has 154 valence electrons. The molecule has 4 rings (SSSR count). The smallest absolute Gasteiger partial charge is 0.254 e. The summed E-state index contributed by atoms with van der Waals surface area (Å²) in [5.41, 5.74) is 4.36. The van der Waals surface area contributed by atoms with Crippen LogP contribution >= 0.6 is 0 Å². The van der Waals surface area contributed by atoms with Gasteiger partial charge in [0.1, 0.15) is 0 Å². The van der Waals surface area contributed by atoms with Crippen LogP contribution in [0.15, 0.2) is 48.5 Å². The van der Waals surface area contributed by atoms with Crippen LogP contribution in [-0.2, 0) is 29.5 Å². The number of hydrogen-bond acceptors (Lipinski definition) is 4. The van der Waals surface area contributed by atoms with E-state index in [1.54, 1.807) is 0 Å². The van der Waals surface area contributed by atoms with E-state index >= 15 is 0 Å². The van der Waals surface area contributed by atoms with E-state index in [1.807, 2.05) is 35.2 Å². The van der Waals surface area contributed by atoms with Gasteiger partial charge in [0.25, 0.3) is 5.91 Å². The van der Waals surface area contributed by atoms with Crippen LogP contribution in [0.4, 0.5) is 0 Å². The molecule has 0 N–H and O–H groups in total. The van der Waals surface area contributed by atoms with Gasteiger partial charge in [0, 0.05) is 51.4 Å². The quantitative estimate of drug-likeness (QED) is 0.769. The highest BCUT2D eigenvalue weighted by Crippen LogP contribution is 2.21. The van der Waals surface area contributed by atoms with Crippen LogP contribution in [0.25, 0.3) is 0 Å². The largest absolute Gasteiger partial charge is 0.334 e. The molecule has 2 aromatic rings. The molecule has 2 aliphatic rings. The summed E-state index contributed by atoms with van der Waals surface area (Å²) in [7, 11) is -3.12. The van der Waals surface area contributed by atoms with Crippen molar-refractivity contribution < 1.29 is 13.2 Å². The van der Waals surface area contributed by atoms with Gasteiger partial charge in [-0.2, -0.15) is 4.31 Å². The molecule has 0 unspecified atom stereocenters. The summed E-state index contributed by atoms with van der Waals surface area (Å²) in [5.74, 6) is 0.0725. The van der Waals surface area contributed by atoms with Gasteiger partial charge >= 0.3 is 0 Å². The van der Waals surface area contributed by atoms with E-state index in [-0.39, 0.29) is 5.91 Å². The molecular weight excluding hydrogens is 386 g/mol. The van der Waals surface area contributed by atoms with Gasteiger partial charge < -0.3 is 4.90 Å². The summed E-state index contributed by atoms with van der Waals surface area (Å²) in [4.78, 5) is 17.2. The van der Waals surface area contributed by atoms with Crippen LogP contribution in [-0.4, -0.2) is 67.4 Å². The minimum Gasteiger partial charge on any atom is -0.334 e. The Kier molecular flexibility index (Phi) is 5.72. The molecule has 29 heavy (non-hydrogen) atoms. The van der Waals surface area contributed by atoms with Crippen molar-refractivity contribution in [3.63, 3.8) is 0 Å². The van der Waals surface area contributed by atoms with E-state index in [1.165, 1.54) is 21.7 Å². The van der Waals surface area contributed by atoms with Crippen molar-refractivity contribution in [3.05, 3.63) is 70.8 Å². The third-order valence-corrected chi connectivity index (χ3v) is 7.10. The summed E-state index contributed by atoms with van der Waals surface area (Å²) in [6, 6.07) is 16.1. The van der Waals surface area contributed by atoms with Gasteiger partial charge in [-0.1, -0.05) is 36.4 Å². The number of benzene rings is 2. The van der Waals surface area contributed by atoms with Crippen molar-refractivity contribution in [2.45, 2.75) is 19.5 Å². The van der Waals surface area contributed by atoms with Gasteiger partial charge in [-0.15, -0.1) is 0 Å². The van der Waals surface area contributed by atoms with Crippen LogP contribution < -0.4 is 0 Å². The number of carbonyl (C=O) groups excluding carboxylic acids is 1. The first-order chi connectivity index (χ1) is 13.9. The first-order valence-corrected chi connectivity index (χ1v) is 11.9. The first kappa shape index (κ1) is 20.1. The number of hydrogen-bond donors (Lipinski definition) is 0. The molecule has 0 bridgehead atoms. The van der Waals surface area contributed by atoms with Crippen LogP contribution in [0.2, 0.25) is 0 Å². The SMILES string of the molecule is CS(=O)(=O)N1CCN(Cc2cccc(C(=O)N3CCc4ccccc4C3)c2)CC1. The number of sulfonamides is 1. The van der Waals surface area contributed by atoms with Crippen LogP contribution in [0.3, 0.4) is 0 Å². The van der Waals surface area contributed by atoms with Gasteiger partial charge in [-0.3, -0.25) is 9.69 Å². The fourth-order valence-electron chi connectivity index (χ4n) is 4.13. The summed E-state index contributed by atoms with van der Waals surface area (Å²) in [6.45, 7) is 4.57. The first-order valence-electron chi connectivity index (χ1n) is 10.0. The number of fused-ring (bicyclic) bond motifs is 1. The molecule has 0 atom stereocenters. The summed E-state index contributed by atoms with van der Waals surface area (Å²) in [6.07, 6.45) is 2.16.